The molecule has 0 radical (unpaired) electrons. The Hall–Kier alpha value is -1.01. The lowest BCUT2D eigenvalue weighted by atomic mass is 10.2. The summed E-state index contributed by atoms with van der Waals surface area (Å²) in [6.07, 6.45) is 0.524. The van der Waals surface area contributed by atoms with Crippen LogP contribution in [0.25, 0.3) is 0 Å². The number of nitrogens with zero attached hydrogens (tertiary/aromatic N) is 1. The molecular formula is C10H11BrN2. The van der Waals surface area contributed by atoms with E-state index < -0.39 is 0 Å². The molecule has 1 aromatic carbocycles. The third-order valence-corrected chi connectivity index (χ3v) is 2.18. The van der Waals surface area contributed by atoms with E-state index in [1.807, 2.05) is 31.2 Å². The van der Waals surface area contributed by atoms with Gasteiger partial charge in [-0.05, 0) is 31.2 Å². The van der Waals surface area contributed by atoms with Crippen molar-refractivity contribution < 1.29 is 0 Å². The van der Waals surface area contributed by atoms with Gasteiger partial charge in [0.15, 0.2) is 0 Å². The molecule has 0 spiro atoms. The van der Waals surface area contributed by atoms with Gasteiger partial charge in [-0.1, -0.05) is 15.9 Å². The molecule has 1 atom stereocenters. The Labute approximate surface area is 86.7 Å². The van der Waals surface area contributed by atoms with Gasteiger partial charge in [-0.25, -0.2) is 0 Å². The van der Waals surface area contributed by atoms with Gasteiger partial charge in [-0.3, -0.25) is 0 Å². The summed E-state index contributed by atoms with van der Waals surface area (Å²) in [5, 5.41) is 11.7. The molecule has 1 rings (SSSR count). The second-order valence-corrected chi connectivity index (χ2v) is 3.83. The van der Waals surface area contributed by atoms with Crippen molar-refractivity contribution in [1.29, 1.82) is 5.26 Å². The van der Waals surface area contributed by atoms with E-state index in [9.17, 15) is 0 Å². The molecule has 0 aliphatic heterocycles. The first kappa shape index (κ1) is 10.1. The molecule has 2 nitrogen and oxygen atoms in total. The molecule has 0 amide bonds. The van der Waals surface area contributed by atoms with Crippen LogP contribution in [0.3, 0.4) is 0 Å². The maximum Gasteiger partial charge on any atom is 0.0643 e. The van der Waals surface area contributed by atoms with E-state index in [-0.39, 0.29) is 6.04 Å². The van der Waals surface area contributed by atoms with Crippen LogP contribution in [0.2, 0.25) is 0 Å². The molecule has 68 valence electrons. The number of nitrogens with one attached hydrogen (secondary N) is 1. The third-order valence-electron chi connectivity index (χ3n) is 1.65. The van der Waals surface area contributed by atoms with E-state index in [4.69, 9.17) is 5.26 Å². The Kier molecular flexibility index (Phi) is 3.78. The van der Waals surface area contributed by atoms with Crippen molar-refractivity contribution in [2.24, 2.45) is 0 Å². The molecule has 0 aliphatic rings. The van der Waals surface area contributed by atoms with Crippen LogP contribution in [0.1, 0.15) is 13.3 Å². The minimum absolute atomic E-state index is 0.200. The lowest BCUT2D eigenvalue weighted by Crippen LogP contribution is -2.13. The zero-order valence-electron chi connectivity index (χ0n) is 7.42. The molecule has 0 saturated carbocycles. The minimum atomic E-state index is 0.200. The van der Waals surface area contributed by atoms with Crippen LogP contribution >= 0.6 is 15.9 Å². The van der Waals surface area contributed by atoms with Crippen LogP contribution in [0, 0.1) is 11.3 Å². The van der Waals surface area contributed by atoms with Crippen molar-refractivity contribution in [2.45, 2.75) is 19.4 Å². The predicted molar refractivity (Wildman–Crippen MR) is 57.5 cm³/mol. The van der Waals surface area contributed by atoms with Crippen LogP contribution < -0.4 is 5.32 Å². The molecule has 0 aliphatic carbocycles. The molecular weight excluding hydrogens is 228 g/mol. The number of nitriles is 1. The molecule has 1 aromatic rings. The number of benzene rings is 1. The molecule has 0 saturated heterocycles. The maximum absolute atomic E-state index is 8.46. The fourth-order valence-corrected chi connectivity index (χ4v) is 1.28. The lowest BCUT2D eigenvalue weighted by Gasteiger charge is -2.11. The summed E-state index contributed by atoms with van der Waals surface area (Å²) in [6, 6.07) is 10.2. The molecule has 0 heterocycles. The van der Waals surface area contributed by atoms with Crippen LogP contribution in [-0.2, 0) is 0 Å². The fraction of sp³-hybridized carbons (Fsp3) is 0.300. The van der Waals surface area contributed by atoms with Crippen LogP contribution in [0.4, 0.5) is 5.69 Å². The van der Waals surface area contributed by atoms with Gasteiger partial charge in [0.1, 0.15) is 0 Å². The lowest BCUT2D eigenvalue weighted by molar-refractivity contribution is 0.821. The van der Waals surface area contributed by atoms with Gasteiger partial charge in [0.05, 0.1) is 12.5 Å². The summed E-state index contributed by atoms with van der Waals surface area (Å²) in [5.74, 6) is 0. The topological polar surface area (TPSA) is 35.8 Å². The first-order valence-electron chi connectivity index (χ1n) is 4.11. The summed E-state index contributed by atoms with van der Waals surface area (Å²) in [7, 11) is 0. The second-order valence-electron chi connectivity index (χ2n) is 2.91. The monoisotopic (exact) mass is 238 g/mol. The molecule has 0 aromatic heterocycles. The highest BCUT2D eigenvalue weighted by Crippen LogP contribution is 2.15. The largest absolute Gasteiger partial charge is 0.382 e. The number of hydrogen-bond acceptors (Lipinski definition) is 2. The van der Waals surface area contributed by atoms with Crippen LogP contribution in [0.15, 0.2) is 28.7 Å². The Morgan fingerprint density at radius 3 is 2.62 bits per heavy atom. The molecule has 0 bridgehead atoms. The number of halogens is 1. The predicted octanol–water partition coefficient (Wildman–Crippen LogP) is 3.16. The van der Waals surface area contributed by atoms with E-state index in [0.29, 0.717) is 6.42 Å². The van der Waals surface area contributed by atoms with Gasteiger partial charge in [-0.2, -0.15) is 5.26 Å². The molecule has 3 heteroatoms. The van der Waals surface area contributed by atoms with Crippen molar-refractivity contribution in [3.8, 4) is 6.07 Å². The van der Waals surface area contributed by atoms with Gasteiger partial charge in [0.2, 0.25) is 0 Å². The Morgan fingerprint density at radius 2 is 2.08 bits per heavy atom. The van der Waals surface area contributed by atoms with Gasteiger partial charge >= 0.3 is 0 Å². The second kappa shape index (κ2) is 4.88. The SMILES string of the molecule is C[C@@H](CC#N)Nc1ccc(Br)cc1. The molecule has 1 N–H and O–H groups in total. The zero-order valence-corrected chi connectivity index (χ0v) is 9.01. The van der Waals surface area contributed by atoms with Crippen molar-refractivity contribution in [3.63, 3.8) is 0 Å². The highest BCUT2D eigenvalue weighted by atomic mass is 79.9. The number of hydrogen-bond donors (Lipinski definition) is 1. The minimum Gasteiger partial charge on any atom is -0.382 e. The standard InChI is InChI=1S/C10H11BrN2/c1-8(6-7-12)13-10-4-2-9(11)3-5-10/h2-5,8,13H,6H2,1H3/t8-/m0/s1. The summed E-state index contributed by atoms with van der Waals surface area (Å²) >= 11 is 3.36. The Balaban J connectivity index is 2.55. The van der Waals surface area contributed by atoms with Crippen LogP contribution in [-0.4, -0.2) is 6.04 Å². The van der Waals surface area contributed by atoms with E-state index in [1.165, 1.54) is 0 Å². The van der Waals surface area contributed by atoms with Gasteiger partial charge in [0, 0.05) is 16.2 Å². The van der Waals surface area contributed by atoms with Gasteiger partial charge in [0.25, 0.3) is 0 Å². The highest BCUT2D eigenvalue weighted by Gasteiger charge is 1.99. The zero-order chi connectivity index (χ0) is 9.68. The average Bonchev–Trinajstić information content (AvgIpc) is 2.09. The van der Waals surface area contributed by atoms with Crippen molar-refractivity contribution >= 4 is 21.6 Å². The fourth-order valence-electron chi connectivity index (χ4n) is 1.02. The first-order valence-corrected chi connectivity index (χ1v) is 4.90. The molecule has 13 heavy (non-hydrogen) atoms. The number of rotatable bonds is 3. The maximum atomic E-state index is 8.46. The average molecular weight is 239 g/mol. The van der Waals surface area contributed by atoms with Crippen molar-refractivity contribution in [1.82, 2.24) is 0 Å². The summed E-state index contributed by atoms with van der Waals surface area (Å²) in [6.45, 7) is 1.99. The highest BCUT2D eigenvalue weighted by molar-refractivity contribution is 9.10. The van der Waals surface area contributed by atoms with E-state index >= 15 is 0 Å². The van der Waals surface area contributed by atoms with E-state index in [0.717, 1.165) is 10.2 Å². The number of anilines is 1. The van der Waals surface area contributed by atoms with Crippen molar-refractivity contribution in [3.05, 3.63) is 28.7 Å². The summed E-state index contributed by atoms with van der Waals surface area (Å²) in [4.78, 5) is 0. The van der Waals surface area contributed by atoms with Crippen molar-refractivity contribution in [2.75, 3.05) is 5.32 Å². The van der Waals surface area contributed by atoms with E-state index in [1.54, 1.807) is 0 Å². The smallest absolute Gasteiger partial charge is 0.0643 e. The Morgan fingerprint density at radius 1 is 1.46 bits per heavy atom. The van der Waals surface area contributed by atoms with Crippen LogP contribution in [0.5, 0.6) is 0 Å². The third kappa shape index (κ3) is 3.47. The first-order chi connectivity index (χ1) is 6.22. The van der Waals surface area contributed by atoms with Gasteiger partial charge < -0.3 is 5.32 Å². The van der Waals surface area contributed by atoms with E-state index in [2.05, 4.69) is 27.3 Å². The molecule has 0 unspecified atom stereocenters. The van der Waals surface area contributed by atoms with Gasteiger partial charge in [-0.15, -0.1) is 0 Å². The Bertz CT molecular complexity index is 300. The normalized spacial score (nSPS) is 11.8. The summed E-state index contributed by atoms with van der Waals surface area (Å²) < 4.78 is 1.06. The quantitative estimate of drug-likeness (QED) is 0.879. The molecule has 0 fully saturated rings. The summed E-state index contributed by atoms with van der Waals surface area (Å²) in [5.41, 5.74) is 1.05.